The third kappa shape index (κ3) is 3.42. The first-order valence-corrected chi connectivity index (χ1v) is 13.0. The molecule has 2 bridgehead atoms. The van der Waals surface area contributed by atoms with Crippen molar-refractivity contribution in [3.05, 3.63) is 94.0 Å². The fourth-order valence-electron chi connectivity index (χ4n) is 6.07. The molecule has 1 unspecified atom stereocenters. The van der Waals surface area contributed by atoms with Crippen molar-refractivity contribution in [2.24, 2.45) is 0 Å². The molecule has 1 atom stereocenters. The summed E-state index contributed by atoms with van der Waals surface area (Å²) in [4.78, 5) is 12.7. The van der Waals surface area contributed by atoms with Gasteiger partial charge in [-0.3, -0.25) is 0 Å². The second-order valence-electron chi connectivity index (χ2n) is 9.21. The topological polar surface area (TPSA) is 92.7 Å². The first-order valence-electron chi connectivity index (χ1n) is 11.6. The third-order valence-electron chi connectivity index (χ3n) is 7.41. The number of benzene rings is 3. The van der Waals surface area contributed by atoms with E-state index in [1.807, 2.05) is 24.3 Å². The van der Waals surface area contributed by atoms with Crippen molar-refractivity contribution in [2.75, 3.05) is 0 Å². The molecule has 34 heavy (non-hydrogen) atoms. The lowest BCUT2D eigenvalue weighted by molar-refractivity contribution is 0.0380. The van der Waals surface area contributed by atoms with E-state index in [9.17, 15) is 17.8 Å². The summed E-state index contributed by atoms with van der Waals surface area (Å²) in [6.45, 7) is 0. The van der Waals surface area contributed by atoms with Gasteiger partial charge in [-0.25, -0.2) is 13.2 Å². The van der Waals surface area contributed by atoms with E-state index in [1.54, 1.807) is 0 Å². The first kappa shape index (κ1) is 21.4. The predicted octanol–water partition coefficient (Wildman–Crippen LogP) is 5.03. The Bertz CT molecular complexity index is 1360. The Morgan fingerprint density at radius 1 is 0.824 bits per heavy atom. The van der Waals surface area contributed by atoms with Gasteiger partial charge in [0.05, 0.1) is 4.90 Å². The molecule has 6 nitrogen and oxygen atoms in total. The molecule has 7 heteroatoms. The predicted molar refractivity (Wildman–Crippen MR) is 123 cm³/mol. The summed E-state index contributed by atoms with van der Waals surface area (Å²) in [5.41, 5.74) is 5.99. The Labute approximate surface area is 198 Å². The van der Waals surface area contributed by atoms with Crippen LogP contribution in [0.5, 0.6) is 5.75 Å². The standard InChI is InChI=1S/C27H24O6S/c28-27(32-23-13-14-25(34(29,30)31)19-10-4-3-9-18(19)23)33-24-15-22-16-7-1-5-11-20(16)26(24)21-12-6-2-8-17(21)22/h1-2,5-8,11-14,22,24,26H,3-4,9-10,15H2,(H,29,30,31)/p-1. The molecule has 0 saturated carbocycles. The molecule has 0 amide bonds. The normalized spacial score (nSPS) is 22.3. The Morgan fingerprint density at radius 3 is 2.03 bits per heavy atom. The average molecular weight is 476 g/mol. The summed E-state index contributed by atoms with van der Waals surface area (Å²) in [5, 5.41) is 0. The second-order valence-corrected chi connectivity index (χ2v) is 10.6. The second kappa shape index (κ2) is 7.96. The van der Waals surface area contributed by atoms with E-state index in [-0.39, 0.29) is 28.6 Å². The Hall–Kier alpha value is -3.16. The number of hydrogen-bond acceptors (Lipinski definition) is 6. The number of rotatable bonds is 3. The summed E-state index contributed by atoms with van der Waals surface area (Å²) in [6, 6.07) is 19.2. The molecule has 0 radical (unpaired) electrons. The van der Waals surface area contributed by atoms with Crippen molar-refractivity contribution >= 4 is 16.3 Å². The highest BCUT2D eigenvalue weighted by atomic mass is 32.2. The molecule has 0 aliphatic heterocycles. The lowest BCUT2D eigenvalue weighted by atomic mass is 9.62. The van der Waals surface area contributed by atoms with Gasteiger partial charge in [-0.2, -0.15) is 0 Å². The van der Waals surface area contributed by atoms with Crippen LogP contribution in [-0.2, 0) is 27.7 Å². The maximum Gasteiger partial charge on any atom is 0.514 e. The van der Waals surface area contributed by atoms with Crippen molar-refractivity contribution in [1.82, 2.24) is 0 Å². The van der Waals surface area contributed by atoms with Gasteiger partial charge in [0, 0.05) is 11.8 Å². The summed E-state index contributed by atoms with van der Waals surface area (Å²) < 4.78 is 46.6. The first-order chi connectivity index (χ1) is 16.4. The Morgan fingerprint density at radius 2 is 1.41 bits per heavy atom. The van der Waals surface area contributed by atoms with E-state index in [0.29, 0.717) is 30.4 Å². The van der Waals surface area contributed by atoms with Gasteiger partial charge in [0.25, 0.3) is 0 Å². The highest BCUT2D eigenvalue weighted by molar-refractivity contribution is 7.85. The fraction of sp³-hybridized carbons (Fsp3) is 0.296. The van der Waals surface area contributed by atoms with Crippen molar-refractivity contribution in [1.29, 1.82) is 0 Å². The molecular weight excluding hydrogens is 452 g/mol. The fourth-order valence-corrected chi connectivity index (χ4v) is 6.83. The van der Waals surface area contributed by atoms with Gasteiger partial charge >= 0.3 is 6.16 Å². The summed E-state index contributed by atoms with van der Waals surface area (Å²) in [7, 11) is -4.60. The zero-order valence-corrected chi connectivity index (χ0v) is 19.2. The molecule has 3 aromatic rings. The largest absolute Gasteiger partial charge is 0.744 e. The number of fused-ring (bicyclic) bond motifs is 2. The van der Waals surface area contributed by atoms with E-state index in [1.165, 1.54) is 34.4 Å². The van der Waals surface area contributed by atoms with Crippen molar-refractivity contribution in [3.63, 3.8) is 0 Å². The van der Waals surface area contributed by atoms with Gasteiger partial charge in [0.1, 0.15) is 22.0 Å². The maximum atomic E-state index is 12.9. The SMILES string of the molecule is O=C(Oc1ccc(S(=O)(=O)[O-])c2c1CCCC2)OC1CC2c3ccccc3C1c1ccccc12. The van der Waals surface area contributed by atoms with Gasteiger partial charge in [-0.15, -0.1) is 0 Å². The minimum Gasteiger partial charge on any atom is -0.744 e. The van der Waals surface area contributed by atoms with Crippen LogP contribution in [0.4, 0.5) is 4.79 Å². The molecule has 4 aliphatic carbocycles. The van der Waals surface area contributed by atoms with Crippen LogP contribution in [0.15, 0.2) is 65.6 Å². The average Bonchev–Trinajstić information content (AvgIpc) is 2.83. The smallest absolute Gasteiger partial charge is 0.514 e. The zero-order valence-electron chi connectivity index (χ0n) is 18.4. The van der Waals surface area contributed by atoms with Crippen LogP contribution in [0.3, 0.4) is 0 Å². The van der Waals surface area contributed by atoms with E-state index in [2.05, 4.69) is 24.3 Å². The highest BCUT2D eigenvalue weighted by Gasteiger charge is 2.45. The molecule has 0 N–H and O–H groups in total. The quantitative estimate of drug-likeness (QED) is 0.300. The third-order valence-corrected chi connectivity index (χ3v) is 8.33. The van der Waals surface area contributed by atoms with Gasteiger partial charge in [-0.05, 0) is 77.6 Å². The van der Waals surface area contributed by atoms with Crippen LogP contribution in [0, 0.1) is 0 Å². The number of hydrogen-bond donors (Lipinski definition) is 0. The van der Waals surface area contributed by atoms with Crippen molar-refractivity contribution in [3.8, 4) is 5.75 Å². The lowest BCUT2D eigenvalue weighted by Gasteiger charge is -2.44. The van der Waals surface area contributed by atoms with Crippen LogP contribution in [-0.4, -0.2) is 25.2 Å². The summed E-state index contributed by atoms with van der Waals surface area (Å²) >= 11 is 0. The van der Waals surface area contributed by atoms with Gasteiger partial charge < -0.3 is 14.0 Å². The number of carbonyl (C=O) groups is 1. The van der Waals surface area contributed by atoms with E-state index in [0.717, 1.165) is 12.8 Å². The van der Waals surface area contributed by atoms with Crippen LogP contribution in [0.25, 0.3) is 0 Å². The van der Waals surface area contributed by atoms with Crippen LogP contribution >= 0.6 is 0 Å². The van der Waals surface area contributed by atoms with Crippen LogP contribution < -0.4 is 4.74 Å². The van der Waals surface area contributed by atoms with E-state index in [4.69, 9.17) is 9.47 Å². The molecular formula is C27H23O6S-. The highest BCUT2D eigenvalue weighted by Crippen LogP contribution is 2.53. The number of carbonyl (C=O) groups excluding carboxylic acids is 1. The molecule has 174 valence electrons. The molecule has 0 aromatic heterocycles. The maximum absolute atomic E-state index is 12.9. The Kier molecular flexibility index (Phi) is 5.00. The van der Waals surface area contributed by atoms with Crippen LogP contribution in [0.1, 0.15) is 64.5 Å². The lowest BCUT2D eigenvalue weighted by Crippen LogP contribution is -2.39. The minimum atomic E-state index is -4.60. The van der Waals surface area contributed by atoms with Crippen molar-refractivity contribution < 1.29 is 27.2 Å². The molecule has 7 rings (SSSR count). The van der Waals surface area contributed by atoms with E-state index >= 15 is 0 Å². The molecule has 3 aromatic carbocycles. The summed E-state index contributed by atoms with van der Waals surface area (Å²) in [5.74, 6) is 0.366. The van der Waals surface area contributed by atoms with Gasteiger partial charge in [0.2, 0.25) is 0 Å². The monoisotopic (exact) mass is 475 g/mol. The van der Waals surface area contributed by atoms with Gasteiger partial charge in [0.15, 0.2) is 0 Å². The summed E-state index contributed by atoms with van der Waals surface area (Å²) in [6.07, 6.45) is 2.15. The molecule has 0 heterocycles. The van der Waals surface area contributed by atoms with Crippen LogP contribution in [0.2, 0.25) is 0 Å². The zero-order chi connectivity index (χ0) is 23.4. The van der Waals surface area contributed by atoms with Gasteiger partial charge in [-0.1, -0.05) is 48.5 Å². The van der Waals surface area contributed by atoms with E-state index < -0.39 is 16.3 Å². The molecule has 0 fully saturated rings. The molecule has 0 spiro atoms. The Balaban J connectivity index is 1.29. The molecule has 0 saturated heterocycles. The number of ether oxygens (including phenoxy) is 2. The molecule has 4 aliphatic rings. The minimum absolute atomic E-state index is 0.0631. The van der Waals surface area contributed by atoms with Crippen molar-refractivity contribution in [2.45, 2.75) is 54.9 Å².